The maximum Gasteiger partial charge on any atom is 0.325 e. The van der Waals surface area contributed by atoms with Crippen molar-refractivity contribution >= 4 is 11.9 Å². The van der Waals surface area contributed by atoms with Crippen LogP contribution in [0.1, 0.15) is 50.8 Å². The Morgan fingerprint density at radius 3 is 2.05 bits per heavy atom. The molecular formula is C16H24N2O3. The number of hydrogen-bond donors (Lipinski definition) is 3. The van der Waals surface area contributed by atoms with E-state index in [2.05, 4.69) is 24.5 Å². The first-order valence-corrected chi connectivity index (χ1v) is 7.14. The molecule has 1 rings (SSSR count). The maximum atomic E-state index is 11.4. The predicted octanol–water partition coefficient (Wildman–Crippen LogP) is 2.05. The lowest BCUT2D eigenvalue weighted by atomic mass is 9.99. The minimum Gasteiger partial charge on any atom is -0.480 e. The van der Waals surface area contributed by atoms with Crippen molar-refractivity contribution in [3.05, 3.63) is 35.4 Å². The van der Waals surface area contributed by atoms with E-state index in [1.165, 1.54) is 12.5 Å². The molecule has 116 valence electrons. The number of carbonyl (C=O) groups excluding carboxylic acids is 1. The van der Waals surface area contributed by atoms with Gasteiger partial charge < -0.3 is 10.4 Å². The molecule has 2 atom stereocenters. The number of carboxylic acids is 1. The molecule has 0 radical (unpaired) electrons. The molecule has 0 saturated carbocycles. The van der Waals surface area contributed by atoms with E-state index in [0.717, 1.165) is 0 Å². The fraction of sp³-hybridized carbons (Fsp3) is 0.500. The van der Waals surface area contributed by atoms with Gasteiger partial charge in [-0.2, -0.15) is 0 Å². The first kappa shape index (κ1) is 17.2. The van der Waals surface area contributed by atoms with Crippen LogP contribution in [0.5, 0.6) is 0 Å². The van der Waals surface area contributed by atoms with Crippen LogP contribution in [0.4, 0.5) is 0 Å². The molecule has 0 fully saturated rings. The number of benzene rings is 1. The van der Waals surface area contributed by atoms with E-state index in [-0.39, 0.29) is 11.9 Å². The van der Waals surface area contributed by atoms with Crippen molar-refractivity contribution in [2.75, 3.05) is 6.54 Å². The van der Waals surface area contributed by atoms with Crippen LogP contribution in [0, 0.1) is 0 Å². The summed E-state index contributed by atoms with van der Waals surface area (Å²) in [4.78, 5) is 22.4. The zero-order valence-corrected chi connectivity index (χ0v) is 13.0. The summed E-state index contributed by atoms with van der Waals surface area (Å²) in [6.07, 6.45) is 0. The van der Waals surface area contributed by atoms with Crippen molar-refractivity contribution < 1.29 is 14.7 Å². The molecular weight excluding hydrogens is 268 g/mol. The fourth-order valence-electron chi connectivity index (χ4n) is 2.11. The molecule has 5 nitrogen and oxygen atoms in total. The van der Waals surface area contributed by atoms with Gasteiger partial charge in [0.15, 0.2) is 0 Å². The van der Waals surface area contributed by atoms with Gasteiger partial charge >= 0.3 is 5.97 Å². The molecule has 0 aliphatic carbocycles. The van der Waals surface area contributed by atoms with Crippen molar-refractivity contribution in [1.29, 1.82) is 0 Å². The zero-order chi connectivity index (χ0) is 16.0. The van der Waals surface area contributed by atoms with Crippen LogP contribution in [-0.4, -0.2) is 29.6 Å². The van der Waals surface area contributed by atoms with Crippen LogP contribution < -0.4 is 10.6 Å². The second-order valence-corrected chi connectivity index (χ2v) is 5.60. The lowest BCUT2D eigenvalue weighted by molar-refractivity contribution is -0.139. The highest BCUT2D eigenvalue weighted by Gasteiger charge is 2.20. The molecule has 0 aliphatic heterocycles. The van der Waals surface area contributed by atoms with Gasteiger partial charge in [-0.3, -0.25) is 14.9 Å². The van der Waals surface area contributed by atoms with Gasteiger partial charge in [-0.25, -0.2) is 0 Å². The summed E-state index contributed by atoms with van der Waals surface area (Å²) >= 11 is 0. The number of rotatable bonds is 7. The monoisotopic (exact) mass is 292 g/mol. The summed E-state index contributed by atoms with van der Waals surface area (Å²) < 4.78 is 0. The van der Waals surface area contributed by atoms with Crippen LogP contribution in [0.25, 0.3) is 0 Å². The highest BCUT2D eigenvalue weighted by Crippen LogP contribution is 2.19. The summed E-state index contributed by atoms with van der Waals surface area (Å²) in [5.74, 6) is -0.644. The Bertz CT molecular complexity index is 483. The molecule has 21 heavy (non-hydrogen) atoms. The molecule has 3 N–H and O–H groups in total. The second kappa shape index (κ2) is 7.78. The third-order valence-electron chi connectivity index (χ3n) is 3.26. The number of carboxylic acid groups (broad SMARTS) is 1. The molecule has 0 aromatic heterocycles. The van der Waals surface area contributed by atoms with Gasteiger partial charge in [-0.15, -0.1) is 0 Å². The summed E-state index contributed by atoms with van der Waals surface area (Å²) in [5, 5.41) is 15.0. The topological polar surface area (TPSA) is 78.4 Å². The van der Waals surface area contributed by atoms with Crippen molar-refractivity contribution in [1.82, 2.24) is 10.6 Å². The van der Waals surface area contributed by atoms with Crippen LogP contribution in [-0.2, 0) is 9.59 Å². The highest BCUT2D eigenvalue weighted by atomic mass is 16.4. The SMILES string of the molecule is CC(=O)NC(C)CNC(C(=O)O)c1ccc(C(C)C)cc1. The third kappa shape index (κ3) is 5.55. The zero-order valence-electron chi connectivity index (χ0n) is 13.0. The smallest absolute Gasteiger partial charge is 0.325 e. The number of nitrogens with one attached hydrogen (secondary N) is 2. The van der Waals surface area contributed by atoms with E-state index >= 15 is 0 Å². The minimum absolute atomic E-state index is 0.126. The molecule has 1 aromatic rings. The number of carbonyl (C=O) groups is 2. The Balaban J connectivity index is 2.73. The third-order valence-corrected chi connectivity index (χ3v) is 3.26. The van der Waals surface area contributed by atoms with Crippen molar-refractivity contribution in [2.24, 2.45) is 0 Å². The summed E-state index contributed by atoms with van der Waals surface area (Å²) in [6, 6.07) is 6.68. The van der Waals surface area contributed by atoms with Crippen molar-refractivity contribution in [3.63, 3.8) is 0 Å². The quantitative estimate of drug-likeness (QED) is 0.718. The van der Waals surface area contributed by atoms with Crippen LogP contribution in [0.2, 0.25) is 0 Å². The summed E-state index contributed by atoms with van der Waals surface area (Å²) in [5.41, 5.74) is 1.89. The van der Waals surface area contributed by atoms with E-state index in [4.69, 9.17) is 0 Å². The molecule has 0 heterocycles. The fourth-order valence-corrected chi connectivity index (χ4v) is 2.11. The molecule has 2 unspecified atom stereocenters. The Kier molecular flexibility index (Phi) is 6.37. The molecule has 5 heteroatoms. The highest BCUT2D eigenvalue weighted by molar-refractivity contribution is 5.75. The number of amides is 1. The first-order valence-electron chi connectivity index (χ1n) is 7.14. The lowest BCUT2D eigenvalue weighted by Gasteiger charge is -2.19. The molecule has 0 spiro atoms. The average Bonchev–Trinajstić information content (AvgIpc) is 2.38. The molecule has 0 aliphatic rings. The Morgan fingerprint density at radius 1 is 1.10 bits per heavy atom. The normalized spacial score (nSPS) is 13.8. The molecule has 1 aromatic carbocycles. The van der Waals surface area contributed by atoms with Gasteiger partial charge in [0.1, 0.15) is 6.04 Å². The van der Waals surface area contributed by atoms with E-state index < -0.39 is 12.0 Å². The van der Waals surface area contributed by atoms with Gasteiger partial charge in [-0.05, 0) is 24.0 Å². The van der Waals surface area contributed by atoms with Gasteiger partial charge in [0, 0.05) is 19.5 Å². The van der Waals surface area contributed by atoms with Crippen LogP contribution >= 0.6 is 0 Å². The minimum atomic E-state index is -0.928. The predicted molar refractivity (Wildman–Crippen MR) is 82.2 cm³/mol. The standard InChI is InChI=1S/C16H24N2O3/c1-10(2)13-5-7-14(8-6-13)15(16(20)21)17-9-11(3)18-12(4)19/h5-8,10-11,15,17H,9H2,1-4H3,(H,18,19)(H,20,21). The number of aliphatic carboxylic acids is 1. The Labute approximate surface area is 125 Å². The van der Waals surface area contributed by atoms with Crippen molar-refractivity contribution in [3.8, 4) is 0 Å². The van der Waals surface area contributed by atoms with Crippen LogP contribution in [0.15, 0.2) is 24.3 Å². The van der Waals surface area contributed by atoms with Gasteiger partial charge in [0.25, 0.3) is 0 Å². The van der Waals surface area contributed by atoms with E-state index in [1.807, 2.05) is 31.2 Å². The summed E-state index contributed by atoms with van der Waals surface area (Å²) in [7, 11) is 0. The lowest BCUT2D eigenvalue weighted by Crippen LogP contribution is -2.41. The van der Waals surface area contributed by atoms with E-state index in [9.17, 15) is 14.7 Å². The Morgan fingerprint density at radius 2 is 1.62 bits per heavy atom. The molecule has 1 amide bonds. The average molecular weight is 292 g/mol. The van der Waals surface area contributed by atoms with E-state index in [1.54, 1.807) is 0 Å². The van der Waals surface area contributed by atoms with E-state index in [0.29, 0.717) is 18.0 Å². The van der Waals surface area contributed by atoms with Crippen molar-refractivity contribution in [2.45, 2.75) is 45.7 Å². The maximum absolute atomic E-state index is 11.4. The Hall–Kier alpha value is -1.88. The van der Waals surface area contributed by atoms with Gasteiger partial charge in [-0.1, -0.05) is 38.1 Å². The van der Waals surface area contributed by atoms with Gasteiger partial charge in [0.2, 0.25) is 5.91 Å². The van der Waals surface area contributed by atoms with Crippen LogP contribution in [0.3, 0.4) is 0 Å². The van der Waals surface area contributed by atoms with Gasteiger partial charge in [0.05, 0.1) is 0 Å². The second-order valence-electron chi connectivity index (χ2n) is 5.60. The molecule has 0 saturated heterocycles. The first-order chi connectivity index (χ1) is 9.81. The molecule has 0 bridgehead atoms. The number of hydrogen-bond acceptors (Lipinski definition) is 3. The summed E-state index contributed by atoms with van der Waals surface area (Å²) in [6.45, 7) is 7.85. The largest absolute Gasteiger partial charge is 0.480 e.